The fourth-order valence-corrected chi connectivity index (χ4v) is 3.55. The van der Waals surface area contributed by atoms with E-state index in [4.69, 9.17) is 4.74 Å². The standard InChI is InChI=1S/C25H22N4O5/c1-2-34-24(32)18-10-12-19(13-11-18)27-21(30)16-28-20-9-6-14-26-22(20)23(31)29(25(28)33)15-17-7-4-3-5-8-17/h3-14H,2,15-16H2,1H3,(H,27,30). The van der Waals surface area contributed by atoms with Crippen LogP contribution in [0.15, 0.2) is 82.5 Å². The summed E-state index contributed by atoms with van der Waals surface area (Å²) in [6.45, 7) is 1.72. The number of amides is 1. The largest absolute Gasteiger partial charge is 0.462 e. The van der Waals surface area contributed by atoms with E-state index in [0.29, 0.717) is 11.3 Å². The Hall–Kier alpha value is -4.53. The first-order valence-corrected chi connectivity index (χ1v) is 10.7. The minimum atomic E-state index is -0.609. The number of rotatable bonds is 7. The van der Waals surface area contributed by atoms with Gasteiger partial charge < -0.3 is 10.1 Å². The summed E-state index contributed by atoms with van der Waals surface area (Å²) < 4.78 is 7.25. The quantitative estimate of drug-likeness (QED) is 0.426. The molecule has 9 heteroatoms. The van der Waals surface area contributed by atoms with Gasteiger partial charge in [0.05, 0.1) is 24.2 Å². The maximum atomic E-state index is 13.2. The van der Waals surface area contributed by atoms with Crippen LogP contribution in [0.5, 0.6) is 0 Å². The average Bonchev–Trinajstić information content (AvgIpc) is 2.85. The van der Waals surface area contributed by atoms with Crippen molar-refractivity contribution in [2.75, 3.05) is 11.9 Å². The van der Waals surface area contributed by atoms with Crippen molar-refractivity contribution >= 4 is 28.6 Å². The molecule has 4 rings (SSSR count). The molecular formula is C25H22N4O5. The number of aromatic nitrogens is 3. The fraction of sp³-hybridized carbons (Fsp3) is 0.160. The van der Waals surface area contributed by atoms with Gasteiger partial charge in [-0.15, -0.1) is 0 Å². The molecule has 0 aliphatic carbocycles. The summed E-state index contributed by atoms with van der Waals surface area (Å²) in [7, 11) is 0. The Labute approximate surface area is 194 Å². The van der Waals surface area contributed by atoms with Crippen LogP contribution in [0.1, 0.15) is 22.8 Å². The van der Waals surface area contributed by atoms with Crippen LogP contribution in [0.25, 0.3) is 11.0 Å². The van der Waals surface area contributed by atoms with Crippen LogP contribution in [0.2, 0.25) is 0 Å². The van der Waals surface area contributed by atoms with E-state index in [2.05, 4.69) is 10.3 Å². The Bertz CT molecular complexity index is 1460. The molecule has 9 nitrogen and oxygen atoms in total. The number of carbonyl (C=O) groups excluding carboxylic acids is 2. The summed E-state index contributed by atoms with van der Waals surface area (Å²) in [6, 6.07) is 18.5. The van der Waals surface area contributed by atoms with Crippen LogP contribution in [-0.2, 0) is 22.6 Å². The van der Waals surface area contributed by atoms with Gasteiger partial charge in [0, 0.05) is 11.9 Å². The van der Waals surface area contributed by atoms with E-state index in [1.54, 1.807) is 43.3 Å². The topological polar surface area (TPSA) is 112 Å². The summed E-state index contributed by atoms with van der Waals surface area (Å²) in [5.41, 5.74) is 0.832. The number of nitrogens with one attached hydrogen (secondary N) is 1. The lowest BCUT2D eigenvalue weighted by Crippen LogP contribution is -2.42. The molecule has 0 saturated carbocycles. The van der Waals surface area contributed by atoms with Gasteiger partial charge in [-0.05, 0) is 48.9 Å². The Morgan fingerprint density at radius 3 is 2.38 bits per heavy atom. The minimum Gasteiger partial charge on any atom is -0.462 e. The van der Waals surface area contributed by atoms with E-state index in [9.17, 15) is 19.2 Å². The first kappa shape index (κ1) is 22.7. The number of benzene rings is 2. The minimum absolute atomic E-state index is 0.0575. The maximum Gasteiger partial charge on any atom is 0.338 e. The molecule has 2 aromatic heterocycles. The van der Waals surface area contributed by atoms with Crippen molar-refractivity contribution in [1.82, 2.24) is 14.1 Å². The third-order valence-electron chi connectivity index (χ3n) is 5.15. The number of hydrogen-bond donors (Lipinski definition) is 1. The van der Waals surface area contributed by atoms with Gasteiger partial charge in [-0.3, -0.25) is 18.7 Å². The van der Waals surface area contributed by atoms with Crippen LogP contribution in [0.3, 0.4) is 0 Å². The first-order chi connectivity index (χ1) is 16.5. The van der Waals surface area contributed by atoms with Crippen LogP contribution in [0.4, 0.5) is 5.69 Å². The third-order valence-corrected chi connectivity index (χ3v) is 5.15. The molecule has 2 heterocycles. The Morgan fingerprint density at radius 1 is 0.941 bits per heavy atom. The molecule has 0 aliphatic heterocycles. The number of nitrogens with zero attached hydrogens (tertiary/aromatic N) is 3. The van der Waals surface area contributed by atoms with Gasteiger partial charge in [0.2, 0.25) is 5.91 Å². The van der Waals surface area contributed by atoms with E-state index < -0.39 is 23.1 Å². The highest BCUT2D eigenvalue weighted by molar-refractivity contribution is 5.93. The van der Waals surface area contributed by atoms with Crippen molar-refractivity contribution < 1.29 is 14.3 Å². The predicted octanol–water partition coefficient (Wildman–Crippen LogP) is 2.42. The number of ether oxygens (including phenoxy) is 1. The molecule has 1 amide bonds. The molecule has 0 fully saturated rings. The van der Waals surface area contributed by atoms with Gasteiger partial charge in [-0.1, -0.05) is 30.3 Å². The zero-order valence-electron chi connectivity index (χ0n) is 18.4. The van der Waals surface area contributed by atoms with Gasteiger partial charge >= 0.3 is 11.7 Å². The molecule has 0 unspecified atom stereocenters. The molecule has 34 heavy (non-hydrogen) atoms. The zero-order valence-corrected chi connectivity index (χ0v) is 18.4. The summed E-state index contributed by atoms with van der Waals surface area (Å²) in [5.74, 6) is -0.924. The van der Waals surface area contributed by atoms with E-state index in [0.717, 1.165) is 10.1 Å². The predicted molar refractivity (Wildman–Crippen MR) is 127 cm³/mol. The van der Waals surface area contributed by atoms with E-state index in [1.165, 1.54) is 10.8 Å². The summed E-state index contributed by atoms with van der Waals surface area (Å²) >= 11 is 0. The molecule has 0 spiro atoms. The Kier molecular flexibility index (Phi) is 6.63. The van der Waals surface area contributed by atoms with Crippen LogP contribution in [-0.4, -0.2) is 32.6 Å². The molecule has 0 radical (unpaired) electrons. The van der Waals surface area contributed by atoms with Crippen LogP contribution < -0.4 is 16.6 Å². The van der Waals surface area contributed by atoms with Crippen LogP contribution in [0, 0.1) is 0 Å². The van der Waals surface area contributed by atoms with Crippen molar-refractivity contribution in [2.24, 2.45) is 0 Å². The molecule has 0 aliphatic rings. The normalized spacial score (nSPS) is 10.7. The van der Waals surface area contributed by atoms with Crippen LogP contribution >= 0.6 is 0 Å². The Morgan fingerprint density at radius 2 is 1.68 bits per heavy atom. The second-order valence-electron chi connectivity index (χ2n) is 7.46. The second kappa shape index (κ2) is 9.95. The van der Waals surface area contributed by atoms with E-state index >= 15 is 0 Å². The number of carbonyl (C=O) groups is 2. The molecule has 0 saturated heterocycles. The van der Waals surface area contributed by atoms with Gasteiger partial charge in [-0.25, -0.2) is 14.6 Å². The highest BCUT2D eigenvalue weighted by atomic mass is 16.5. The average molecular weight is 458 g/mol. The summed E-state index contributed by atoms with van der Waals surface area (Å²) in [6.07, 6.45) is 1.47. The molecule has 172 valence electrons. The smallest absolute Gasteiger partial charge is 0.338 e. The highest BCUT2D eigenvalue weighted by Crippen LogP contribution is 2.12. The first-order valence-electron chi connectivity index (χ1n) is 10.7. The lowest BCUT2D eigenvalue weighted by molar-refractivity contribution is -0.116. The lowest BCUT2D eigenvalue weighted by Gasteiger charge is -2.14. The van der Waals surface area contributed by atoms with E-state index in [1.807, 2.05) is 30.3 Å². The van der Waals surface area contributed by atoms with Crippen molar-refractivity contribution in [1.29, 1.82) is 0 Å². The molecule has 0 atom stereocenters. The SMILES string of the molecule is CCOC(=O)c1ccc(NC(=O)Cn2c(=O)n(Cc3ccccc3)c(=O)c3ncccc32)cc1. The Balaban J connectivity index is 1.63. The van der Waals surface area contributed by atoms with Gasteiger partial charge in [-0.2, -0.15) is 0 Å². The maximum absolute atomic E-state index is 13.2. The molecule has 0 bridgehead atoms. The number of pyridine rings is 1. The summed E-state index contributed by atoms with van der Waals surface area (Å²) in [4.78, 5) is 54.9. The van der Waals surface area contributed by atoms with Crippen molar-refractivity contribution in [3.63, 3.8) is 0 Å². The van der Waals surface area contributed by atoms with Gasteiger partial charge in [0.1, 0.15) is 6.54 Å². The highest BCUT2D eigenvalue weighted by Gasteiger charge is 2.17. The fourth-order valence-electron chi connectivity index (χ4n) is 3.55. The molecule has 4 aromatic rings. The second-order valence-corrected chi connectivity index (χ2v) is 7.46. The number of anilines is 1. The number of hydrogen-bond acceptors (Lipinski definition) is 6. The molecular weight excluding hydrogens is 436 g/mol. The van der Waals surface area contributed by atoms with Crippen molar-refractivity contribution in [2.45, 2.75) is 20.0 Å². The number of esters is 1. The molecule has 2 aromatic carbocycles. The third kappa shape index (κ3) is 4.78. The zero-order chi connectivity index (χ0) is 24.1. The monoisotopic (exact) mass is 458 g/mol. The van der Waals surface area contributed by atoms with E-state index in [-0.39, 0.29) is 30.7 Å². The van der Waals surface area contributed by atoms with Gasteiger partial charge in [0.25, 0.3) is 5.56 Å². The summed E-state index contributed by atoms with van der Waals surface area (Å²) in [5, 5.41) is 2.71. The van der Waals surface area contributed by atoms with Crippen molar-refractivity contribution in [3.05, 3.63) is 105 Å². The van der Waals surface area contributed by atoms with Gasteiger partial charge in [0.15, 0.2) is 5.52 Å². The lowest BCUT2D eigenvalue weighted by atomic mass is 10.2. The van der Waals surface area contributed by atoms with Crippen molar-refractivity contribution in [3.8, 4) is 0 Å². The number of fused-ring (bicyclic) bond motifs is 1. The molecule has 1 N–H and O–H groups in total.